The fourth-order valence-corrected chi connectivity index (χ4v) is 1.61. The van der Waals surface area contributed by atoms with Gasteiger partial charge in [-0.2, -0.15) is 0 Å². The zero-order valence-electron chi connectivity index (χ0n) is 10.1. The summed E-state index contributed by atoms with van der Waals surface area (Å²) in [5.74, 6) is 0. The number of carbonyl (C=O) groups is 1. The van der Waals surface area contributed by atoms with Gasteiger partial charge in [-0.25, -0.2) is 4.79 Å². The molecule has 1 rings (SSSR count). The zero-order chi connectivity index (χ0) is 11.6. The molecule has 0 bridgehead atoms. The van der Waals surface area contributed by atoms with Crippen molar-refractivity contribution >= 4 is 6.09 Å². The molecular weight excluding hydrogens is 192 g/mol. The molecule has 1 atom stereocenters. The van der Waals surface area contributed by atoms with Crippen LogP contribution < -0.4 is 0 Å². The number of rotatable bonds is 1. The number of carbonyl (C=O) groups excluding carboxylic acids is 1. The lowest BCUT2D eigenvalue weighted by molar-refractivity contribution is 0.0231. The third-order valence-corrected chi connectivity index (χ3v) is 2.48. The van der Waals surface area contributed by atoms with Crippen LogP contribution in [0.4, 0.5) is 4.79 Å². The van der Waals surface area contributed by atoms with Gasteiger partial charge in [0.15, 0.2) is 0 Å². The third-order valence-electron chi connectivity index (χ3n) is 2.48. The summed E-state index contributed by atoms with van der Waals surface area (Å²) in [6, 6.07) is 0.234. The molecule has 0 N–H and O–H groups in total. The summed E-state index contributed by atoms with van der Waals surface area (Å²) in [5.41, 5.74) is -0.423. The number of amides is 1. The molecule has 0 aliphatic carbocycles. The molecule has 0 unspecified atom stereocenters. The maximum absolute atomic E-state index is 11.7. The smallest absolute Gasteiger partial charge is 0.410 e. The van der Waals surface area contributed by atoms with Gasteiger partial charge in [-0.1, -0.05) is 0 Å². The van der Waals surface area contributed by atoms with Gasteiger partial charge in [-0.3, -0.25) is 7.05 Å². The second-order valence-electron chi connectivity index (χ2n) is 5.11. The van der Waals surface area contributed by atoms with Crippen LogP contribution in [0.3, 0.4) is 0 Å². The number of nitrogens with zero attached hydrogens (tertiary/aromatic N) is 2. The summed E-state index contributed by atoms with van der Waals surface area (Å²) < 4.78 is 5.30. The van der Waals surface area contributed by atoms with Crippen molar-refractivity contribution in [3.8, 4) is 0 Å². The summed E-state index contributed by atoms with van der Waals surface area (Å²) in [5, 5.41) is 0. The Labute approximate surface area is 92.2 Å². The second kappa shape index (κ2) is 4.39. The van der Waals surface area contributed by atoms with E-state index in [0.29, 0.717) is 0 Å². The van der Waals surface area contributed by atoms with Crippen molar-refractivity contribution in [2.75, 3.05) is 20.1 Å². The Morgan fingerprint density at radius 2 is 2.13 bits per heavy atom. The molecular formula is C11H21N2O2-. The molecule has 0 saturated carbocycles. The van der Waals surface area contributed by atoms with E-state index in [1.165, 1.54) is 0 Å². The second-order valence-corrected chi connectivity index (χ2v) is 5.11. The van der Waals surface area contributed by atoms with Crippen LogP contribution in [0.1, 0.15) is 27.2 Å². The molecule has 0 radical (unpaired) electrons. The van der Waals surface area contributed by atoms with E-state index in [1.54, 1.807) is 11.9 Å². The minimum Gasteiger partial charge on any atom is -0.457 e. The van der Waals surface area contributed by atoms with Crippen LogP contribution in [0.25, 0.3) is 0 Å². The van der Waals surface area contributed by atoms with Crippen molar-refractivity contribution in [1.29, 1.82) is 0 Å². The molecule has 15 heavy (non-hydrogen) atoms. The highest BCUT2D eigenvalue weighted by atomic mass is 16.6. The summed E-state index contributed by atoms with van der Waals surface area (Å²) in [6.07, 6.45) is 0.724. The fourth-order valence-electron chi connectivity index (χ4n) is 1.61. The lowest BCUT2D eigenvalue weighted by atomic mass is 10.2. The van der Waals surface area contributed by atoms with Crippen molar-refractivity contribution in [3.05, 3.63) is 7.05 Å². The van der Waals surface area contributed by atoms with Gasteiger partial charge in [-0.05, 0) is 40.3 Å². The highest BCUT2D eigenvalue weighted by molar-refractivity contribution is 5.68. The zero-order valence-corrected chi connectivity index (χ0v) is 10.1. The van der Waals surface area contributed by atoms with Crippen LogP contribution >= 0.6 is 0 Å². The monoisotopic (exact) mass is 213 g/mol. The van der Waals surface area contributed by atoms with Gasteiger partial charge in [0.25, 0.3) is 0 Å². The standard InChI is InChI=1S/C11H21N2O2/c1-11(2,3)15-10(14)13(5)9-6-7-12(4)8-9/h9H,4,6-8H2,1-3,5H3/q-1/t9-/m1/s1. The van der Waals surface area contributed by atoms with Crippen molar-refractivity contribution in [1.82, 2.24) is 9.80 Å². The largest absolute Gasteiger partial charge is 0.457 e. The Morgan fingerprint density at radius 3 is 2.53 bits per heavy atom. The van der Waals surface area contributed by atoms with Gasteiger partial charge in [-0.15, -0.1) is 0 Å². The Hall–Kier alpha value is -0.770. The highest BCUT2D eigenvalue weighted by Gasteiger charge is 2.27. The summed E-state index contributed by atoms with van der Waals surface area (Å²) in [7, 11) is 5.65. The van der Waals surface area contributed by atoms with E-state index in [0.717, 1.165) is 19.5 Å². The summed E-state index contributed by atoms with van der Waals surface area (Å²) in [6.45, 7) is 7.40. The fraction of sp³-hybridized carbons (Fsp3) is 0.818. The van der Waals surface area contributed by atoms with Gasteiger partial charge < -0.3 is 14.5 Å². The minimum atomic E-state index is -0.423. The average Bonchev–Trinajstić information content (AvgIpc) is 2.47. The molecule has 1 heterocycles. The van der Waals surface area contributed by atoms with Gasteiger partial charge in [0.05, 0.1) is 0 Å². The molecule has 0 aromatic heterocycles. The maximum atomic E-state index is 11.7. The molecule has 1 fully saturated rings. The van der Waals surface area contributed by atoms with Gasteiger partial charge in [0.1, 0.15) is 5.60 Å². The Balaban J connectivity index is 2.46. The van der Waals surface area contributed by atoms with Gasteiger partial charge in [0, 0.05) is 13.1 Å². The van der Waals surface area contributed by atoms with Crippen LogP contribution in [0.15, 0.2) is 0 Å². The Bertz CT molecular complexity index is 235. The predicted molar refractivity (Wildman–Crippen MR) is 59.3 cm³/mol. The first kappa shape index (κ1) is 12.3. The topological polar surface area (TPSA) is 32.8 Å². The quantitative estimate of drug-likeness (QED) is 0.622. The van der Waals surface area contributed by atoms with E-state index in [9.17, 15) is 4.79 Å². The lowest BCUT2D eigenvalue weighted by Gasteiger charge is -2.29. The molecule has 0 aromatic rings. The van der Waals surface area contributed by atoms with E-state index in [2.05, 4.69) is 7.05 Å². The molecule has 0 spiro atoms. The van der Waals surface area contributed by atoms with E-state index in [4.69, 9.17) is 4.74 Å². The minimum absolute atomic E-state index is 0.234. The third kappa shape index (κ3) is 3.70. The molecule has 1 saturated heterocycles. The Morgan fingerprint density at radius 1 is 1.53 bits per heavy atom. The van der Waals surface area contributed by atoms with Crippen LogP contribution in [-0.4, -0.2) is 47.7 Å². The molecule has 4 nitrogen and oxygen atoms in total. The van der Waals surface area contributed by atoms with Gasteiger partial charge >= 0.3 is 6.09 Å². The maximum Gasteiger partial charge on any atom is 0.410 e. The SMILES string of the molecule is [CH2-]N1CC[C@@H](N(C)C(=O)OC(C)(C)C)C1. The van der Waals surface area contributed by atoms with Crippen molar-refractivity contribution < 1.29 is 9.53 Å². The van der Waals surface area contributed by atoms with Crippen molar-refractivity contribution in [3.63, 3.8) is 0 Å². The first-order chi connectivity index (χ1) is 6.79. The number of ether oxygens (including phenoxy) is 1. The van der Waals surface area contributed by atoms with Crippen LogP contribution in [0.2, 0.25) is 0 Å². The predicted octanol–water partition coefficient (Wildman–Crippen LogP) is 1.72. The van der Waals surface area contributed by atoms with Gasteiger partial charge in [0.2, 0.25) is 0 Å². The Kier molecular flexibility index (Phi) is 3.60. The first-order valence-corrected chi connectivity index (χ1v) is 5.31. The number of hydrogen-bond acceptors (Lipinski definition) is 3. The van der Waals surface area contributed by atoms with E-state index < -0.39 is 5.60 Å². The normalized spacial score (nSPS) is 22.9. The van der Waals surface area contributed by atoms with E-state index in [1.807, 2.05) is 25.7 Å². The van der Waals surface area contributed by atoms with Crippen molar-refractivity contribution in [2.45, 2.75) is 38.8 Å². The highest BCUT2D eigenvalue weighted by Crippen LogP contribution is 2.16. The van der Waals surface area contributed by atoms with E-state index >= 15 is 0 Å². The summed E-state index contributed by atoms with van der Waals surface area (Å²) >= 11 is 0. The van der Waals surface area contributed by atoms with Crippen LogP contribution in [0.5, 0.6) is 0 Å². The molecule has 0 aromatic carbocycles. The number of likely N-dealkylation sites (tertiary alicyclic amines) is 1. The molecule has 1 amide bonds. The molecule has 88 valence electrons. The number of likely N-dealkylation sites (N-methyl/N-ethyl adjacent to an activating group) is 1. The van der Waals surface area contributed by atoms with Crippen LogP contribution in [0, 0.1) is 7.05 Å². The first-order valence-electron chi connectivity index (χ1n) is 5.31. The lowest BCUT2D eigenvalue weighted by Crippen LogP contribution is -2.41. The van der Waals surface area contributed by atoms with Crippen molar-refractivity contribution in [2.24, 2.45) is 0 Å². The number of hydrogen-bond donors (Lipinski definition) is 0. The molecule has 4 heteroatoms. The molecule has 1 aliphatic heterocycles. The average molecular weight is 213 g/mol. The molecule has 1 aliphatic rings. The van der Waals surface area contributed by atoms with Crippen LogP contribution in [-0.2, 0) is 4.74 Å². The van der Waals surface area contributed by atoms with E-state index in [-0.39, 0.29) is 12.1 Å². The summed E-state index contributed by atoms with van der Waals surface area (Å²) in [4.78, 5) is 15.4.